The molecule has 0 radical (unpaired) electrons. The largest absolute Gasteiger partial charge is 0.388 e. The summed E-state index contributed by atoms with van der Waals surface area (Å²) in [7, 11) is -2.07. The molecule has 1 aliphatic rings. The van der Waals surface area contributed by atoms with Crippen molar-refractivity contribution in [3.8, 4) is 0 Å². The number of rotatable bonds is 4. The van der Waals surface area contributed by atoms with E-state index < -0.39 is 16.1 Å². The maximum absolute atomic E-state index is 12.6. The molecule has 2 heterocycles. The normalized spacial score (nSPS) is 19.2. The molecule has 0 aliphatic carbocycles. The third kappa shape index (κ3) is 3.49. The van der Waals surface area contributed by atoms with E-state index in [1.807, 2.05) is 18.2 Å². The number of Topliss-reactive ketones (excluding diaryl/α,β-unsaturated/α-hetero) is 1. The number of ketones is 1. The summed E-state index contributed by atoms with van der Waals surface area (Å²) in [6.45, 7) is 0.202. The molecule has 0 amide bonds. The number of benzene rings is 2. The maximum atomic E-state index is 12.6. The Morgan fingerprint density at radius 3 is 2.67 bits per heavy atom. The van der Waals surface area contributed by atoms with Gasteiger partial charge >= 0.3 is 0 Å². The topological polar surface area (TPSA) is 59.3 Å². The van der Waals surface area contributed by atoms with Gasteiger partial charge in [0.2, 0.25) is 0 Å². The zero-order chi connectivity index (χ0) is 19.2. The van der Waals surface area contributed by atoms with Gasteiger partial charge in [0.25, 0.3) is 0 Å². The Morgan fingerprint density at radius 1 is 1.22 bits per heavy atom. The minimum Gasteiger partial charge on any atom is -0.388 e. The number of nitrogens with zero attached hydrogens (tertiary/aromatic N) is 1. The van der Waals surface area contributed by atoms with Crippen LogP contribution in [0.2, 0.25) is 0 Å². The number of aliphatic hydroxyl groups excluding tert-OH is 1. The predicted octanol–water partition coefficient (Wildman–Crippen LogP) is 3.40. The van der Waals surface area contributed by atoms with E-state index in [2.05, 4.69) is 38.5 Å². The van der Waals surface area contributed by atoms with Crippen LogP contribution in [0.1, 0.15) is 27.2 Å². The fraction of sp³-hybridized carbons (Fsp3) is 0.238. The average molecular weight is 446 g/mol. The molecule has 0 fully saturated rings. The predicted molar refractivity (Wildman–Crippen MR) is 114 cm³/mol. The van der Waals surface area contributed by atoms with Crippen molar-refractivity contribution < 1.29 is 14.1 Å². The second-order valence-electron chi connectivity index (χ2n) is 7.02. The van der Waals surface area contributed by atoms with Gasteiger partial charge in [0, 0.05) is 44.7 Å². The molecule has 140 valence electrons. The quantitative estimate of drug-likeness (QED) is 0.494. The van der Waals surface area contributed by atoms with Gasteiger partial charge in [0.15, 0.2) is 5.78 Å². The van der Waals surface area contributed by atoms with Crippen LogP contribution in [0, 0.1) is 0 Å². The highest BCUT2D eigenvalue weighted by molar-refractivity contribution is 9.10. The van der Waals surface area contributed by atoms with E-state index in [-0.39, 0.29) is 5.78 Å². The minimum atomic E-state index is -2.07. The van der Waals surface area contributed by atoms with Gasteiger partial charge in [0.05, 0.1) is 0 Å². The fourth-order valence-electron chi connectivity index (χ4n) is 3.76. The third-order valence-electron chi connectivity index (χ3n) is 5.13. The van der Waals surface area contributed by atoms with Gasteiger partial charge in [-0.15, -0.1) is 0 Å². The maximum Gasteiger partial charge on any atom is 0.188 e. The van der Waals surface area contributed by atoms with Crippen molar-refractivity contribution in [2.45, 2.75) is 18.7 Å². The summed E-state index contributed by atoms with van der Waals surface area (Å²) >= 11 is 3.54. The lowest BCUT2D eigenvalue weighted by Crippen LogP contribution is -2.20. The molecule has 1 atom stereocenters. The van der Waals surface area contributed by atoms with Crippen LogP contribution in [-0.4, -0.2) is 37.9 Å². The lowest BCUT2D eigenvalue weighted by molar-refractivity contribution is 0.0903. The van der Waals surface area contributed by atoms with Crippen LogP contribution < -0.4 is 0 Å². The molecule has 4 rings (SSSR count). The van der Waals surface area contributed by atoms with E-state index in [0.29, 0.717) is 23.6 Å². The smallest absolute Gasteiger partial charge is 0.188 e. The third-order valence-corrected chi connectivity index (χ3v) is 7.38. The Balaban J connectivity index is 1.79. The molecule has 0 bridgehead atoms. The van der Waals surface area contributed by atoms with Crippen molar-refractivity contribution in [2.75, 3.05) is 12.4 Å². The van der Waals surface area contributed by atoms with Crippen LogP contribution in [-0.2, 0) is 28.2 Å². The van der Waals surface area contributed by atoms with Crippen molar-refractivity contribution in [3.05, 3.63) is 69.3 Å². The number of hydrogen-bond donors (Lipinski definition) is 1. The SMILES string of the molecule is C=S1(=O)CCc2c(c3cc(Br)ccc3n2Cc2ccc(C(=O)CO)cc2)C1. The summed E-state index contributed by atoms with van der Waals surface area (Å²) in [4.78, 5) is 11.6. The minimum absolute atomic E-state index is 0.277. The lowest BCUT2D eigenvalue weighted by Gasteiger charge is -2.19. The number of carbonyl (C=O) groups is 1. The van der Waals surface area contributed by atoms with Gasteiger partial charge in [-0.25, -0.2) is 0 Å². The van der Waals surface area contributed by atoms with Gasteiger partial charge in [-0.05, 0) is 51.1 Å². The van der Waals surface area contributed by atoms with Crippen molar-refractivity contribution in [3.63, 3.8) is 0 Å². The molecule has 1 aromatic heterocycles. The van der Waals surface area contributed by atoms with Crippen LogP contribution in [0.15, 0.2) is 46.9 Å². The highest BCUT2D eigenvalue weighted by Crippen LogP contribution is 2.34. The number of carbonyl (C=O) groups excluding carboxylic acids is 1. The van der Waals surface area contributed by atoms with Gasteiger partial charge in [-0.3, -0.25) is 9.00 Å². The second kappa shape index (κ2) is 6.93. The summed E-state index contributed by atoms with van der Waals surface area (Å²) in [5.41, 5.74) is 5.08. The second-order valence-corrected chi connectivity index (χ2v) is 10.6. The van der Waals surface area contributed by atoms with Gasteiger partial charge in [0.1, 0.15) is 6.61 Å². The summed E-state index contributed by atoms with van der Waals surface area (Å²) in [5.74, 6) is 4.79. The van der Waals surface area contributed by atoms with Crippen molar-refractivity contribution in [1.29, 1.82) is 0 Å². The van der Waals surface area contributed by atoms with Gasteiger partial charge in [-0.1, -0.05) is 40.2 Å². The average Bonchev–Trinajstić information content (AvgIpc) is 2.93. The van der Waals surface area contributed by atoms with Crippen LogP contribution in [0.5, 0.6) is 0 Å². The molecule has 1 N–H and O–H groups in total. The van der Waals surface area contributed by atoms with Crippen LogP contribution in [0.25, 0.3) is 10.9 Å². The first-order chi connectivity index (χ1) is 12.9. The van der Waals surface area contributed by atoms with E-state index in [1.165, 1.54) is 5.69 Å². The van der Waals surface area contributed by atoms with Crippen LogP contribution >= 0.6 is 15.9 Å². The van der Waals surface area contributed by atoms with Crippen molar-refractivity contribution in [1.82, 2.24) is 4.57 Å². The van der Waals surface area contributed by atoms with Gasteiger partial charge < -0.3 is 9.67 Å². The lowest BCUT2D eigenvalue weighted by atomic mass is 10.1. The summed E-state index contributed by atoms with van der Waals surface area (Å²) in [6.07, 6.45) is 0.755. The summed E-state index contributed by atoms with van der Waals surface area (Å²) in [5, 5.41) is 10.1. The Bertz CT molecular complexity index is 1140. The number of fused-ring (bicyclic) bond motifs is 3. The van der Waals surface area contributed by atoms with E-state index in [9.17, 15) is 9.00 Å². The Kier molecular flexibility index (Phi) is 4.74. The molecule has 3 aromatic rings. The van der Waals surface area contributed by atoms with E-state index in [0.717, 1.165) is 32.9 Å². The zero-order valence-electron chi connectivity index (χ0n) is 14.8. The number of aromatic nitrogens is 1. The first-order valence-corrected chi connectivity index (χ1v) is 11.6. The van der Waals surface area contributed by atoms with Crippen LogP contribution in [0.4, 0.5) is 0 Å². The van der Waals surface area contributed by atoms with E-state index in [4.69, 9.17) is 5.11 Å². The van der Waals surface area contributed by atoms with Crippen molar-refractivity contribution >= 4 is 48.0 Å². The molecular formula is C21H20BrNO3S. The zero-order valence-corrected chi connectivity index (χ0v) is 17.2. The molecule has 2 aromatic carbocycles. The van der Waals surface area contributed by atoms with E-state index >= 15 is 0 Å². The van der Waals surface area contributed by atoms with Crippen LogP contribution in [0.3, 0.4) is 0 Å². The first kappa shape index (κ1) is 18.5. The number of aliphatic hydroxyl groups is 1. The van der Waals surface area contributed by atoms with E-state index in [1.54, 1.807) is 12.1 Å². The Hall–Kier alpha value is -1.89. The Morgan fingerprint density at radius 2 is 1.96 bits per heavy atom. The summed E-state index contributed by atoms with van der Waals surface area (Å²) < 4.78 is 15.9. The molecule has 0 spiro atoms. The molecule has 1 unspecified atom stereocenters. The molecule has 0 saturated carbocycles. The van der Waals surface area contributed by atoms with Gasteiger partial charge in [-0.2, -0.15) is 0 Å². The molecule has 4 nitrogen and oxygen atoms in total. The molecular weight excluding hydrogens is 426 g/mol. The first-order valence-electron chi connectivity index (χ1n) is 8.73. The highest BCUT2D eigenvalue weighted by atomic mass is 79.9. The fourth-order valence-corrected chi connectivity index (χ4v) is 5.68. The molecule has 0 saturated heterocycles. The highest BCUT2D eigenvalue weighted by Gasteiger charge is 2.25. The number of hydrogen-bond acceptors (Lipinski definition) is 3. The monoisotopic (exact) mass is 445 g/mol. The summed E-state index contributed by atoms with van der Waals surface area (Å²) in [6, 6.07) is 13.6. The molecule has 1 aliphatic heterocycles. The molecule has 27 heavy (non-hydrogen) atoms. The number of halogens is 1. The van der Waals surface area contributed by atoms with Crippen molar-refractivity contribution in [2.24, 2.45) is 0 Å². The Labute approximate surface area is 167 Å². The molecule has 6 heteroatoms. The standard InChI is InChI=1S/C21H20BrNO3S/c1-27(26)9-8-20-18(13-27)17-10-16(22)6-7-19(17)23(20)11-14-2-4-15(5-3-14)21(25)12-24/h2-7,10,24H,1,8-9,11-13H2.